The molecule has 0 aliphatic carbocycles. The van der Waals surface area contributed by atoms with E-state index in [4.69, 9.17) is 14.1 Å². The highest BCUT2D eigenvalue weighted by Gasteiger charge is 2.35. The van der Waals surface area contributed by atoms with Gasteiger partial charge in [-0.15, -0.1) is 11.3 Å². The molecule has 3 aromatic heterocycles. The second-order valence-electron chi connectivity index (χ2n) is 8.81. The number of fused-ring (bicyclic) bond motifs is 1. The number of carbonyl (C=O) groups excluding carboxylic acids is 1. The van der Waals surface area contributed by atoms with Gasteiger partial charge >= 0.3 is 5.97 Å². The molecule has 0 saturated carbocycles. The molecule has 0 spiro atoms. The van der Waals surface area contributed by atoms with E-state index < -0.39 is 12.0 Å². The maximum atomic E-state index is 13.9. The average molecular weight is 564 g/mol. The van der Waals surface area contributed by atoms with Gasteiger partial charge in [0.05, 0.1) is 34.0 Å². The van der Waals surface area contributed by atoms with Crippen LogP contribution in [0.3, 0.4) is 0 Å². The van der Waals surface area contributed by atoms with Gasteiger partial charge in [-0.05, 0) is 42.6 Å². The molecule has 6 rings (SSSR count). The van der Waals surface area contributed by atoms with E-state index >= 15 is 0 Å². The molecule has 0 saturated heterocycles. The Labute approximate surface area is 236 Å². The quantitative estimate of drug-likeness (QED) is 0.267. The van der Waals surface area contributed by atoms with Gasteiger partial charge in [-0.1, -0.05) is 59.9 Å². The molecule has 7 nitrogen and oxygen atoms in total. The van der Waals surface area contributed by atoms with E-state index in [0.29, 0.717) is 43.3 Å². The molecule has 1 aliphatic rings. The van der Waals surface area contributed by atoms with Gasteiger partial charge in [0.1, 0.15) is 17.6 Å². The number of hydrogen-bond acceptors (Lipinski definition) is 8. The van der Waals surface area contributed by atoms with E-state index in [1.165, 1.54) is 22.7 Å². The van der Waals surface area contributed by atoms with Crippen molar-refractivity contribution in [3.8, 4) is 17.4 Å². The largest absolute Gasteiger partial charge is 0.463 e. The van der Waals surface area contributed by atoms with Crippen LogP contribution in [0.15, 0.2) is 104 Å². The van der Waals surface area contributed by atoms with Crippen molar-refractivity contribution in [1.29, 1.82) is 5.26 Å². The molecular formula is C31H21N3O4S2. The van der Waals surface area contributed by atoms with E-state index in [-0.39, 0.29) is 12.2 Å². The predicted molar refractivity (Wildman–Crippen MR) is 154 cm³/mol. The Morgan fingerprint density at radius 2 is 1.90 bits per heavy atom. The molecule has 0 amide bonds. The maximum absolute atomic E-state index is 13.9. The molecule has 196 valence electrons. The van der Waals surface area contributed by atoms with Gasteiger partial charge in [0.2, 0.25) is 0 Å². The van der Waals surface area contributed by atoms with Gasteiger partial charge in [0.15, 0.2) is 4.80 Å². The molecule has 1 aliphatic heterocycles. The first-order valence-electron chi connectivity index (χ1n) is 12.5. The van der Waals surface area contributed by atoms with Crippen molar-refractivity contribution in [2.45, 2.75) is 13.0 Å². The Balaban J connectivity index is 1.54. The lowest BCUT2D eigenvalue weighted by Crippen LogP contribution is -2.39. The Morgan fingerprint density at radius 3 is 2.65 bits per heavy atom. The lowest BCUT2D eigenvalue weighted by atomic mass is 9.97. The fraction of sp³-hybridized carbons (Fsp3) is 0.0968. The van der Waals surface area contributed by atoms with E-state index in [9.17, 15) is 14.9 Å². The van der Waals surface area contributed by atoms with Crippen LogP contribution in [-0.4, -0.2) is 17.1 Å². The van der Waals surface area contributed by atoms with Gasteiger partial charge in [0, 0.05) is 22.1 Å². The fourth-order valence-corrected chi connectivity index (χ4v) is 6.46. The summed E-state index contributed by atoms with van der Waals surface area (Å²) >= 11 is 2.69. The third-order valence-electron chi connectivity index (χ3n) is 6.40. The normalized spacial score (nSPS) is 14.9. The van der Waals surface area contributed by atoms with Crippen molar-refractivity contribution in [3.63, 3.8) is 0 Å². The van der Waals surface area contributed by atoms with E-state index in [1.807, 2.05) is 60.0 Å². The van der Waals surface area contributed by atoms with Gasteiger partial charge in [0.25, 0.3) is 5.56 Å². The highest BCUT2D eigenvalue weighted by atomic mass is 32.1. The van der Waals surface area contributed by atoms with Crippen molar-refractivity contribution < 1.29 is 13.9 Å². The van der Waals surface area contributed by atoms with Crippen LogP contribution in [0.4, 0.5) is 0 Å². The molecule has 5 aromatic rings. The van der Waals surface area contributed by atoms with Gasteiger partial charge in [-0.25, -0.2) is 9.79 Å². The highest BCUT2D eigenvalue weighted by Crippen LogP contribution is 2.36. The van der Waals surface area contributed by atoms with Gasteiger partial charge in [-0.3, -0.25) is 9.36 Å². The first kappa shape index (κ1) is 25.5. The zero-order valence-electron chi connectivity index (χ0n) is 21.2. The monoisotopic (exact) mass is 563 g/mol. The van der Waals surface area contributed by atoms with Crippen LogP contribution in [0.5, 0.6) is 0 Å². The second kappa shape index (κ2) is 10.8. The third kappa shape index (κ3) is 4.53. The minimum atomic E-state index is -0.692. The molecule has 0 unspecified atom stereocenters. The molecule has 9 heteroatoms. The number of benzene rings is 2. The molecule has 0 radical (unpaired) electrons. The average Bonchev–Trinajstić information content (AvgIpc) is 3.74. The number of aromatic nitrogens is 1. The summed E-state index contributed by atoms with van der Waals surface area (Å²) in [7, 11) is 0. The van der Waals surface area contributed by atoms with Crippen LogP contribution in [0.25, 0.3) is 23.1 Å². The summed E-state index contributed by atoms with van der Waals surface area (Å²) in [6.45, 7) is 1.95. The molecule has 0 N–H and O–H groups in total. The molecular weight excluding hydrogens is 542 g/mol. The molecule has 1 atom stereocenters. The molecule has 0 bridgehead atoms. The Kier molecular flexibility index (Phi) is 6.86. The number of carbonyl (C=O) groups is 1. The zero-order valence-corrected chi connectivity index (χ0v) is 22.9. The van der Waals surface area contributed by atoms with Crippen molar-refractivity contribution in [2.75, 3.05) is 6.61 Å². The van der Waals surface area contributed by atoms with E-state index in [0.717, 1.165) is 10.4 Å². The van der Waals surface area contributed by atoms with Crippen LogP contribution in [-0.2, 0) is 9.53 Å². The van der Waals surface area contributed by atoms with Crippen molar-refractivity contribution >= 4 is 40.4 Å². The Bertz CT molecular complexity index is 1970. The number of furan rings is 1. The number of nitrogens with zero attached hydrogens (tertiary/aromatic N) is 3. The number of esters is 1. The summed E-state index contributed by atoms with van der Waals surface area (Å²) in [5, 5.41) is 11.4. The smallest absolute Gasteiger partial charge is 0.338 e. The predicted octanol–water partition coefficient (Wildman–Crippen LogP) is 5.13. The fourth-order valence-electron chi connectivity index (χ4n) is 4.66. The first-order valence-corrected chi connectivity index (χ1v) is 14.2. The number of ether oxygens (including phenoxy) is 1. The summed E-state index contributed by atoms with van der Waals surface area (Å²) in [6.07, 6.45) is 1.67. The standard InChI is InChI=1S/C31H21N3O4S2/c1-2-37-30(36)26-27(19-9-4-3-5-10-19)33-31-34(28(26)24-13-8-16-39-24)29(35)25(40-31)17-21-14-15-23(38-21)22-12-7-6-11-20(22)18-32/h3-17,28H,2H2,1H3/t28-/m0/s1. The Hall–Kier alpha value is -4.78. The summed E-state index contributed by atoms with van der Waals surface area (Å²) < 4.78 is 13.5. The zero-order chi connectivity index (χ0) is 27.6. The number of hydrogen-bond donors (Lipinski definition) is 0. The minimum Gasteiger partial charge on any atom is -0.463 e. The number of thiazole rings is 1. The summed E-state index contributed by atoms with van der Waals surface area (Å²) in [4.78, 5) is 33.4. The van der Waals surface area contributed by atoms with Crippen molar-refractivity contribution in [1.82, 2.24) is 4.57 Å². The van der Waals surface area contributed by atoms with Crippen LogP contribution in [0, 0.1) is 11.3 Å². The number of rotatable bonds is 6. The van der Waals surface area contributed by atoms with Crippen molar-refractivity contribution in [2.24, 2.45) is 4.99 Å². The highest BCUT2D eigenvalue weighted by molar-refractivity contribution is 7.10. The van der Waals surface area contributed by atoms with E-state index in [1.54, 1.807) is 41.8 Å². The lowest BCUT2D eigenvalue weighted by molar-refractivity contribution is -0.138. The van der Waals surface area contributed by atoms with Crippen LogP contribution in [0.1, 0.15) is 34.7 Å². The molecule has 40 heavy (non-hydrogen) atoms. The number of thiophene rings is 1. The summed E-state index contributed by atoms with van der Waals surface area (Å²) in [6, 6.07) is 25.5. The number of nitriles is 1. The first-order chi connectivity index (χ1) is 19.6. The lowest BCUT2D eigenvalue weighted by Gasteiger charge is -2.24. The van der Waals surface area contributed by atoms with Crippen LogP contribution < -0.4 is 14.9 Å². The van der Waals surface area contributed by atoms with Crippen molar-refractivity contribution in [3.05, 3.63) is 131 Å². The third-order valence-corrected chi connectivity index (χ3v) is 8.31. The maximum Gasteiger partial charge on any atom is 0.338 e. The van der Waals surface area contributed by atoms with Gasteiger partial charge in [-0.2, -0.15) is 5.26 Å². The van der Waals surface area contributed by atoms with Crippen LogP contribution in [0.2, 0.25) is 0 Å². The second-order valence-corrected chi connectivity index (χ2v) is 10.8. The van der Waals surface area contributed by atoms with Gasteiger partial charge < -0.3 is 9.15 Å². The molecule has 4 heterocycles. The summed E-state index contributed by atoms with van der Waals surface area (Å²) in [5.74, 6) is 0.488. The van der Waals surface area contributed by atoms with Crippen LogP contribution >= 0.6 is 22.7 Å². The van der Waals surface area contributed by atoms with E-state index in [2.05, 4.69) is 6.07 Å². The molecule has 2 aromatic carbocycles. The summed E-state index contributed by atoms with van der Waals surface area (Å²) in [5.41, 5.74) is 2.46. The Morgan fingerprint density at radius 1 is 1.10 bits per heavy atom. The molecule has 0 fully saturated rings. The SMILES string of the molecule is CCOC(=O)C1=C(c2ccccc2)N=c2sc(=Cc3ccc(-c4ccccc4C#N)o3)c(=O)n2[C@H]1c1cccs1. The topological polar surface area (TPSA) is 97.6 Å². The minimum absolute atomic E-state index is 0.196.